The number of carbonyl (C=O) groups is 1. The number of aliphatic hydroxyl groups excluding tert-OH is 1. The van der Waals surface area contributed by atoms with Crippen molar-refractivity contribution in [3.8, 4) is 0 Å². The molecule has 0 saturated heterocycles. The van der Waals surface area contributed by atoms with Crippen LogP contribution in [0.1, 0.15) is 76.7 Å². The SMILES string of the molecule is CCCCCCC(C)C(O)NCCCCC(C(=O)Cl)c1ccc(S(=O)(=O)O)cc1. The van der Waals surface area contributed by atoms with Gasteiger partial charge in [-0.05, 0) is 61.0 Å². The lowest BCUT2D eigenvalue weighted by Crippen LogP contribution is -2.35. The van der Waals surface area contributed by atoms with Gasteiger partial charge in [-0.25, -0.2) is 0 Å². The Labute approximate surface area is 179 Å². The number of hydrogen-bond acceptors (Lipinski definition) is 5. The minimum absolute atomic E-state index is 0.199. The molecule has 166 valence electrons. The Morgan fingerprint density at radius 1 is 1.07 bits per heavy atom. The lowest BCUT2D eigenvalue weighted by atomic mass is 9.94. The monoisotopic (exact) mass is 447 g/mol. The molecule has 0 aliphatic rings. The Balaban J connectivity index is 2.39. The first-order chi connectivity index (χ1) is 13.7. The molecule has 1 rings (SSSR count). The minimum Gasteiger partial charge on any atom is -0.378 e. The van der Waals surface area contributed by atoms with Gasteiger partial charge in [0.1, 0.15) is 6.23 Å². The number of nitrogens with one attached hydrogen (secondary N) is 1. The Kier molecular flexibility index (Phi) is 12.0. The number of aliphatic hydroxyl groups is 1. The van der Waals surface area contributed by atoms with E-state index in [0.29, 0.717) is 18.5 Å². The summed E-state index contributed by atoms with van der Waals surface area (Å²) in [6.45, 7) is 4.87. The fourth-order valence-electron chi connectivity index (χ4n) is 3.26. The summed E-state index contributed by atoms with van der Waals surface area (Å²) >= 11 is 5.72. The molecule has 0 fully saturated rings. The van der Waals surface area contributed by atoms with Gasteiger partial charge in [-0.3, -0.25) is 14.7 Å². The Morgan fingerprint density at radius 3 is 2.24 bits per heavy atom. The highest BCUT2D eigenvalue weighted by molar-refractivity contribution is 7.85. The van der Waals surface area contributed by atoms with Crippen LogP contribution in [0.25, 0.3) is 0 Å². The van der Waals surface area contributed by atoms with Crippen molar-refractivity contribution < 1.29 is 22.9 Å². The van der Waals surface area contributed by atoms with Crippen LogP contribution >= 0.6 is 11.6 Å². The molecule has 3 N–H and O–H groups in total. The molecule has 0 bridgehead atoms. The second kappa shape index (κ2) is 13.3. The lowest BCUT2D eigenvalue weighted by molar-refractivity contribution is -0.113. The van der Waals surface area contributed by atoms with E-state index in [1.165, 1.54) is 43.5 Å². The van der Waals surface area contributed by atoms with Crippen LogP contribution in [0.15, 0.2) is 29.2 Å². The molecular formula is C21H34ClNO5S. The van der Waals surface area contributed by atoms with Crippen molar-refractivity contribution >= 4 is 27.0 Å². The third-order valence-corrected chi connectivity index (χ3v) is 6.31. The number of carbonyl (C=O) groups excluding carboxylic acids is 1. The van der Waals surface area contributed by atoms with E-state index in [1.807, 2.05) is 6.92 Å². The van der Waals surface area contributed by atoms with E-state index < -0.39 is 27.5 Å². The fourth-order valence-corrected chi connectivity index (χ4v) is 3.97. The van der Waals surface area contributed by atoms with Gasteiger partial charge >= 0.3 is 0 Å². The summed E-state index contributed by atoms with van der Waals surface area (Å²) in [5.74, 6) is -0.333. The zero-order valence-electron chi connectivity index (χ0n) is 17.3. The van der Waals surface area contributed by atoms with Crippen LogP contribution in [0.3, 0.4) is 0 Å². The maximum atomic E-state index is 11.8. The second-order valence-electron chi connectivity index (χ2n) is 7.62. The number of benzene rings is 1. The second-order valence-corrected chi connectivity index (χ2v) is 9.42. The average molecular weight is 448 g/mol. The minimum atomic E-state index is -4.26. The summed E-state index contributed by atoms with van der Waals surface area (Å²) in [4.78, 5) is 11.6. The van der Waals surface area contributed by atoms with Crippen LogP contribution in [-0.4, -0.2) is 36.1 Å². The molecule has 6 nitrogen and oxygen atoms in total. The van der Waals surface area contributed by atoms with Gasteiger partial charge in [-0.15, -0.1) is 0 Å². The van der Waals surface area contributed by atoms with E-state index in [1.54, 1.807) is 0 Å². The van der Waals surface area contributed by atoms with E-state index >= 15 is 0 Å². The quantitative estimate of drug-likeness (QED) is 0.158. The van der Waals surface area contributed by atoms with Gasteiger partial charge in [0.25, 0.3) is 10.1 Å². The summed E-state index contributed by atoms with van der Waals surface area (Å²) in [7, 11) is -4.26. The maximum Gasteiger partial charge on any atom is 0.294 e. The van der Waals surface area contributed by atoms with Crippen molar-refractivity contribution in [3.05, 3.63) is 29.8 Å². The largest absolute Gasteiger partial charge is 0.378 e. The van der Waals surface area contributed by atoms with Gasteiger partial charge < -0.3 is 5.11 Å². The topological polar surface area (TPSA) is 104 Å². The van der Waals surface area contributed by atoms with E-state index in [0.717, 1.165) is 25.7 Å². The standard InChI is InChI=1S/C21H34ClNO5S/c1-3-4-5-6-9-16(2)21(25)23-15-8-7-10-19(20(22)24)17-11-13-18(14-12-17)29(26,27)28/h11-14,16,19,21,23,25H,3-10,15H2,1-2H3,(H,26,27,28). The molecule has 8 heteroatoms. The molecule has 29 heavy (non-hydrogen) atoms. The van der Waals surface area contributed by atoms with Crippen molar-refractivity contribution in [1.29, 1.82) is 0 Å². The summed E-state index contributed by atoms with van der Waals surface area (Å²) in [6, 6.07) is 5.52. The van der Waals surface area contributed by atoms with Crippen LogP contribution in [-0.2, 0) is 14.9 Å². The number of unbranched alkanes of at least 4 members (excludes halogenated alkanes) is 4. The van der Waals surface area contributed by atoms with Gasteiger partial charge in [-0.1, -0.05) is 58.1 Å². The first-order valence-corrected chi connectivity index (χ1v) is 12.2. The van der Waals surface area contributed by atoms with E-state index in [-0.39, 0.29) is 10.8 Å². The Morgan fingerprint density at radius 2 is 1.69 bits per heavy atom. The molecule has 1 aromatic carbocycles. The van der Waals surface area contributed by atoms with Gasteiger partial charge in [0.2, 0.25) is 5.24 Å². The summed E-state index contributed by atoms with van der Waals surface area (Å²) in [5, 5.41) is 12.8. The summed E-state index contributed by atoms with van der Waals surface area (Å²) < 4.78 is 31.3. The van der Waals surface area contributed by atoms with E-state index in [9.17, 15) is 18.3 Å². The third kappa shape index (κ3) is 10.0. The van der Waals surface area contributed by atoms with Crippen molar-refractivity contribution in [2.75, 3.05) is 6.54 Å². The highest BCUT2D eigenvalue weighted by atomic mass is 35.5. The number of rotatable bonds is 15. The summed E-state index contributed by atoms with van der Waals surface area (Å²) in [5.41, 5.74) is 0.617. The molecule has 3 atom stereocenters. The third-order valence-electron chi connectivity index (χ3n) is 5.18. The van der Waals surface area contributed by atoms with Gasteiger partial charge in [0.05, 0.1) is 10.8 Å². The Hall–Kier alpha value is -0.990. The maximum absolute atomic E-state index is 11.8. The molecule has 0 heterocycles. The van der Waals surface area contributed by atoms with Crippen molar-refractivity contribution in [2.24, 2.45) is 5.92 Å². The van der Waals surface area contributed by atoms with Crippen LogP contribution in [0.2, 0.25) is 0 Å². The molecule has 0 aromatic heterocycles. The molecule has 0 aliphatic carbocycles. The average Bonchev–Trinajstić information content (AvgIpc) is 2.66. The van der Waals surface area contributed by atoms with Crippen LogP contribution in [0.4, 0.5) is 0 Å². The zero-order valence-corrected chi connectivity index (χ0v) is 18.9. The van der Waals surface area contributed by atoms with Gasteiger partial charge in [-0.2, -0.15) is 8.42 Å². The first kappa shape index (κ1) is 26.0. The van der Waals surface area contributed by atoms with Crippen molar-refractivity contribution in [3.63, 3.8) is 0 Å². The Bertz CT molecular complexity index is 708. The molecule has 0 radical (unpaired) electrons. The number of halogens is 1. The smallest absolute Gasteiger partial charge is 0.294 e. The molecule has 3 unspecified atom stereocenters. The van der Waals surface area contributed by atoms with Crippen LogP contribution in [0, 0.1) is 5.92 Å². The lowest BCUT2D eigenvalue weighted by Gasteiger charge is -2.20. The highest BCUT2D eigenvalue weighted by Gasteiger charge is 2.20. The van der Waals surface area contributed by atoms with Gasteiger partial charge in [0.15, 0.2) is 0 Å². The molecule has 0 saturated carbocycles. The normalized spacial score (nSPS) is 15.1. The van der Waals surface area contributed by atoms with E-state index in [2.05, 4.69) is 12.2 Å². The van der Waals surface area contributed by atoms with Crippen molar-refractivity contribution in [2.45, 2.75) is 82.3 Å². The van der Waals surface area contributed by atoms with Crippen molar-refractivity contribution in [1.82, 2.24) is 5.32 Å². The molecule has 0 aliphatic heterocycles. The highest BCUT2D eigenvalue weighted by Crippen LogP contribution is 2.26. The molecular weight excluding hydrogens is 414 g/mol. The molecule has 1 aromatic rings. The zero-order chi connectivity index (χ0) is 21.9. The molecule has 0 amide bonds. The van der Waals surface area contributed by atoms with Gasteiger partial charge in [0, 0.05) is 0 Å². The molecule has 0 spiro atoms. The van der Waals surface area contributed by atoms with E-state index in [4.69, 9.17) is 16.2 Å². The predicted octanol–water partition coefficient (Wildman–Crippen LogP) is 4.47. The summed E-state index contributed by atoms with van der Waals surface area (Å²) in [6.07, 6.45) is 7.26. The number of hydrogen-bond donors (Lipinski definition) is 3. The van der Waals surface area contributed by atoms with Crippen LogP contribution < -0.4 is 5.32 Å². The fraction of sp³-hybridized carbons (Fsp3) is 0.667. The predicted molar refractivity (Wildman–Crippen MR) is 116 cm³/mol. The first-order valence-electron chi connectivity index (χ1n) is 10.3. The van der Waals surface area contributed by atoms with Crippen LogP contribution in [0.5, 0.6) is 0 Å².